The average Bonchev–Trinajstić information content (AvgIpc) is 1.59. The molecule has 0 amide bonds. The van der Waals surface area contributed by atoms with E-state index in [1.54, 1.807) is 0 Å². The Morgan fingerprint density at radius 1 is 1.38 bits per heavy atom. The van der Waals surface area contributed by atoms with Crippen LogP contribution in [0.15, 0.2) is 0 Å². The Labute approximate surface area is 55.2 Å². The summed E-state index contributed by atoms with van der Waals surface area (Å²) in [5.41, 5.74) is 0. The first-order chi connectivity index (χ1) is 3.56. The van der Waals surface area contributed by atoms with Gasteiger partial charge in [-0.15, -0.1) is 0 Å². The van der Waals surface area contributed by atoms with Gasteiger partial charge >= 0.3 is 0 Å². The molecule has 8 heavy (non-hydrogen) atoms. The fourth-order valence-electron chi connectivity index (χ4n) is 0.408. The van der Waals surface area contributed by atoms with E-state index in [0.29, 0.717) is 0 Å². The van der Waals surface area contributed by atoms with Gasteiger partial charge in [-0.05, 0) is 6.92 Å². The molecule has 0 atom stereocenters. The lowest BCUT2D eigenvalue weighted by molar-refractivity contribution is 0.369. The second-order valence-corrected chi connectivity index (χ2v) is 16.2. The predicted molar refractivity (Wildman–Crippen MR) is 43.5 cm³/mol. The smallest absolute Gasteiger partial charge is 0.150 e. The summed E-state index contributed by atoms with van der Waals surface area (Å²) in [6.07, 6.45) is 0. The van der Waals surface area contributed by atoms with Gasteiger partial charge in [0.1, 0.15) is 9.28 Å². The van der Waals surface area contributed by atoms with E-state index in [4.69, 9.17) is 4.43 Å². The first-order valence-corrected chi connectivity index (χ1v) is 9.54. The fourth-order valence-corrected chi connectivity index (χ4v) is 3.67. The van der Waals surface area contributed by atoms with E-state index >= 15 is 0 Å². The van der Waals surface area contributed by atoms with Gasteiger partial charge in [-0.25, -0.2) is 0 Å². The predicted octanol–water partition coefficient (Wildman–Crippen LogP) is 0.942. The molecule has 0 aromatic heterocycles. The lowest BCUT2D eigenvalue weighted by Crippen LogP contribution is -2.31. The third kappa shape index (κ3) is 6.39. The zero-order valence-corrected chi connectivity index (χ0v) is 8.74. The molecule has 0 aliphatic rings. The van der Waals surface area contributed by atoms with Crippen molar-refractivity contribution in [2.45, 2.75) is 26.6 Å². The van der Waals surface area contributed by atoms with Crippen molar-refractivity contribution in [3.8, 4) is 0 Å². The number of hydrogen-bond donors (Lipinski definition) is 0. The maximum Gasteiger partial charge on any atom is 0.150 e. The molecular formula is C5H16OSi2. The van der Waals surface area contributed by atoms with E-state index in [-0.39, 0.29) is 9.28 Å². The second-order valence-electron chi connectivity index (χ2n) is 3.20. The highest BCUT2D eigenvalue weighted by molar-refractivity contribution is 7.20. The van der Waals surface area contributed by atoms with Crippen LogP contribution in [0, 0.1) is 0 Å². The molecule has 3 heteroatoms. The van der Waals surface area contributed by atoms with Crippen LogP contribution in [0.3, 0.4) is 0 Å². The topological polar surface area (TPSA) is 9.23 Å². The second kappa shape index (κ2) is 3.43. The molecule has 0 aliphatic carbocycles. The third-order valence-electron chi connectivity index (χ3n) is 0.739. The minimum absolute atomic E-state index is 0.111. The lowest BCUT2D eigenvalue weighted by atomic mass is 10.9. The van der Waals surface area contributed by atoms with Crippen molar-refractivity contribution in [1.29, 1.82) is 0 Å². The van der Waals surface area contributed by atoms with Crippen LogP contribution in [0.5, 0.6) is 0 Å². The summed E-state index contributed by atoms with van der Waals surface area (Å²) in [5.74, 6) is 0. The Morgan fingerprint density at radius 3 is 2.00 bits per heavy atom. The van der Waals surface area contributed by atoms with E-state index in [9.17, 15) is 0 Å². The highest BCUT2D eigenvalue weighted by atomic mass is 29.2. The molecule has 1 nitrogen and oxygen atoms in total. The Morgan fingerprint density at radius 2 is 1.88 bits per heavy atom. The van der Waals surface area contributed by atoms with Gasteiger partial charge in [0.05, 0.1) is 7.59 Å². The molecule has 0 aromatic carbocycles. The van der Waals surface area contributed by atoms with Crippen LogP contribution in [-0.4, -0.2) is 23.5 Å². The molecule has 0 unspecified atom stereocenters. The summed E-state index contributed by atoms with van der Waals surface area (Å²) in [5, 5.41) is 0. The Hall–Kier alpha value is 0.394. The van der Waals surface area contributed by atoms with Crippen LogP contribution in [-0.2, 0) is 4.43 Å². The van der Waals surface area contributed by atoms with Gasteiger partial charge in [0, 0.05) is 6.61 Å². The zero-order valence-electron chi connectivity index (χ0n) is 6.32. The van der Waals surface area contributed by atoms with Crippen molar-refractivity contribution in [2.75, 3.05) is 6.61 Å². The normalized spacial score (nSPS) is 13.5. The van der Waals surface area contributed by atoms with E-state index < -0.39 is 7.59 Å². The molecule has 0 aromatic rings. The largest absolute Gasteiger partial charge is 0.428 e. The van der Waals surface area contributed by atoms with Gasteiger partial charge in [0.25, 0.3) is 0 Å². The quantitative estimate of drug-likeness (QED) is 0.541. The summed E-state index contributed by atoms with van der Waals surface area (Å²) in [7, 11) is -0.873. The van der Waals surface area contributed by atoms with Gasteiger partial charge in [0.15, 0.2) is 0 Å². The summed E-state index contributed by atoms with van der Waals surface area (Å²) in [4.78, 5) is 0. The SMILES string of the molecule is CCO[SiH2][Si](C)(C)C. The first kappa shape index (κ1) is 8.39. The van der Waals surface area contributed by atoms with Crippen LogP contribution in [0.1, 0.15) is 6.92 Å². The molecule has 0 saturated heterocycles. The molecule has 50 valence electrons. The van der Waals surface area contributed by atoms with Crippen molar-refractivity contribution in [2.24, 2.45) is 0 Å². The zero-order chi connectivity index (χ0) is 6.62. The molecule has 0 bridgehead atoms. The van der Waals surface area contributed by atoms with Crippen molar-refractivity contribution in [3.63, 3.8) is 0 Å². The Kier molecular flexibility index (Phi) is 3.59. The van der Waals surface area contributed by atoms with Gasteiger partial charge in [-0.1, -0.05) is 19.6 Å². The number of hydrogen-bond acceptors (Lipinski definition) is 1. The minimum Gasteiger partial charge on any atom is -0.428 e. The Balaban J connectivity index is 3.11. The van der Waals surface area contributed by atoms with Crippen molar-refractivity contribution < 1.29 is 4.43 Å². The number of rotatable bonds is 3. The molecule has 0 aliphatic heterocycles. The lowest BCUT2D eigenvalue weighted by Gasteiger charge is -2.13. The summed E-state index contributed by atoms with van der Waals surface area (Å²) < 4.78 is 5.40. The highest BCUT2D eigenvalue weighted by Crippen LogP contribution is 1.96. The first-order valence-electron chi connectivity index (χ1n) is 3.14. The molecular weight excluding hydrogens is 132 g/mol. The van der Waals surface area contributed by atoms with Crippen molar-refractivity contribution in [1.82, 2.24) is 0 Å². The van der Waals surface area contributed by atoms with Gasteiger partial charge in [-0.3, -0.25) is 0 Å². The van der Waals surface area contributed by atoms with E-state index in [1.807, 2.05) is 0 Å². The minimum atomic E-state index is -0.762. The van der Waals surface area contributed by atoms with Crippen molar-refractivity contribution >= 4 is 16.9 Å². The van der Waals surface area contributed by atoms with Gasteiger partial charge < -0.3 is 4.43 Å². The fraction of sp³-hybridized carbons (Fsp3) is 1.00. The molecule has 0 radical (unpaired) electrons. The third-order valence-corrected chi connectivity index (χ3v) is 5.43. The summed E-state index contributed by atoms with van der Waals surface area (Å²) in [6, 6.07) is 0. The van der Waals surface area contributed by atoms with E-state index in [2.05, 4.69) is 26.6 Å². The van der Waals surface area contributed by atoms with Crippen LogP contribution in [0.2, 0.25) is 19.6 Å². The maximum atomic E-state index is 5.40. The van der Waals surface area contributed by atoms with Gasteiger partial charge in [0.2, 0.25) is 0 Å². The van der Waals surface area contributed by atoms with E-state index in [1.165, 1.54) is 0 Å². The van der Waals surface area contributed by atoms with Crippen LogP contribution >= 0.6 is 0 Å². The molecule has 0 saturated carbocycles. The highest BCUT2D eigenvalue weighted by Gasteiger charge is 2.12. The molecule has 0 fully saturated rings. The molecule has 0 N–H and O–H groups in total. The summed E-state index contributed by atoms with van der Waals surface area (Å²) >= 11 is 0. The maximum absolute atomic E-state index is 5.40. The Bertz CT molecular complexity index is 57.9. The monoisotopic (exact) mass is 148 g/mol. The van der Waals surface area contributed by atoms with Crippen LogP contribution < -0.4 is 0 Å². The molecule has 0 spiro atoms. The van der Waals surface area contributed by atoms with E-state index in [0.717, 1.165) is 6.61 Å². The van der Waals surface area contributed by atoms with Crippen LogP contribution in [0.25, 0.3) is 0 Å². The van der Waals surface area contributed by atoms with Gasteiger partial charge in [-0.2, -0.15) is 0 Å². The molecule has 0 rings (SSSR count). The summed E-state index contributed by atoms with van der Waals surface area (Å²) in [6.45, 7) is 10.1. The standard InChI is InChI=1S/C5H16OSi2/c1-5-6-7-8(2,3)4/h5,7H2,1-4H3. The molecule has 0 heterocycles. The average molecular weight is 148 g/mol. The van der Waals surface area contributed by atoms with Crippen molar-refractivity contribution in [3.05, 3.63) is 0 Å². The van der Waals surface area contributed by atoms with Crippen LogP contribution in [0.4, 0.5) is 0 Å².